The van der Waals surface area contributed by atoms with Crippen LogP contribution in [0.4, 0.5) is 0 Å². The van der Waals surface area contributed by atoms with Crippen LogP contribution in [0.3, 0.4) is 0 Å². The fraction of sp³-hybridized carbons (Fsp3) is 0.951. The quantitative estimate of drug-likeness (QED) is 0.0222. The van der Waals surface area contributed by atoms with Gasteiger partial charge in [-0.25, -0.2) is 9.13 Å². The van der Waals surface area contributed by atoms with Gasteiger partial charge in [0.1, 0.15) is 19.3 Å². The predicted molar refractivity (Wildman–Crippen MR) is 414 cm³/mol. The zero-order valence-electron chi connectivity index (χ0n) is 66.4. The minimum atomic E-state index is -4.96. The van der Waals surface area contributed by atoms with E-state index >= 15 is 0 Å². The number of carbonyl (C=O) groups is 4. The van der Waals surface area contributed by atoms with Gasteiger partial charge in [-0.15, -0.1) is 0 Å². The van der Waals surface area contributed by atoms with Gasteiger partial charge in [0.15, 0.2) is 12.2 Å². The molecule has 0 aromatic rings. The molecule has 19 heteroatoms. The third-order valence-corrected chi connectivity index (χ3v) is 21.0. The van der Waals surface area contributed by atoms with Crippen LogP contribution in [0.2, 0.25) is 0 Å². The Balaban J connectivity index is 5.17. The Kier molecular flexibility index (Phi) is 70.9. The molecule has 3 N–H and O–H groups in total. The second-order valence-electron chi connectivity index (χ2n) is 30.9. The van der Waals surface area contributed by atoms with Gasteiger partial charge in [-0.05, 0) is 43.4 Å². The molecule has 0 spiro atoms. The van der Waals surface area contributed by atoms with Crippen LogP contribution < -0.4 is 0 Å². The monoisotopic (exact) mass is 1480 g/mol. The van der Waals surface area contributed by atoms with E-state index in [9.17, 15) is 43.2 Å². The van der Waals surface area contributed by atoms with Crippen molar-refractivity contribution in [3.05, 3.63) is 0 Å². The van der Waals surface area contributed by atoms with Crippen molar-refractivity contribution >= 4 is 39.5 Å². The number of phosphoric ester groups is 2. The molecule has 0 aromatic carbocycles. The van der Waals surface area contributed by atoms with Gasteiger partial charge in [-0.1, -0.05) is 376 Å². The zero-order chi connectivity index (χ0) is 74.4. The summed E-state index contributed by atoms with van der Waals surface area (Å²) in [7, 11) is -9.92. The molecule has 0 amide bonds. The first-order chi connectivity index (χ1) is 48.7. The van der Waals surface area contributed by atoms with E-state index in [0.29, 0.717) is 25.7 Å². The van der Waals surface area contributed by atoms with Crippen LogP contribution in [0, 0.1) is 17.8 Å². The lowest BCUT2D eigenvalue weighted by molar-refractivity contribution is -0.161. The van der Waals surface area contributed by atoms with E-state index in [-0.39, 0.29) is 25.7 Å². The number of rotatable bonds is 80. The number of carbonyl (C=O) groups excluding carboxylic acids is 4. The van der Waals surface area contributed by atoms with Gasteiger partial charge >= 0.3 is 39.5 Å². The van der Waals surface area contributed by atoms with E-state index in [0.717, 1.165) is 120 Å². The van der Waals surface area contributed by atoms with E-state index in [4.69, 9.17) is 37.0 Å². The largest absolute Gasteiger partial charge is 0.472 e. The van der Waals surface area contributed by atoms with Crippen LogP contribution in [0.1, 0.15) is 427 Å². The summed E-state index contributed by atoms with van der Waals surface area (Å²) in [6.07, 6.45) is 61.3. The molecule has 0 aliphatic rings. The molecule has 0 rings (SSSR count). The summed E-state index contributed by atoms with van der Waals surface area (Å²) in [6.45, 7) is 12.0. The average Bonchev–Trinajstić information content (AvgIpc) is 0.925. The molecular weight excluding hydrogens is 1320 g/mol. The van der Waals surface area contributed by atoms with Gasteiger partial charge in [-0.2, -0.15) is 0 Å². The lowest BCUT2D eigenvalue weighted by Crippen LogP contribution is -2.30. The summed E-state index contributed by atoms with van der Waals surface area (Å²) in [6, 6.07) is 0. The maximum absolute atomic E-state index is 13.1. The first-order valence-electron chi connectivity index (χ1n) is 42.3. The summed E-state index contributed by atoms with van der Waals surface area (Å²) >= 11 is 0. The third-order valence-electron chi connectivity index (χ3n) is 19.1. The molecule has 0 heterocycles. The van der Waals surface area contributed by atoms with Crippen molar-refractivity contribution in [1.29, 1.82) is 0 Å². The molecule has 5 atom stereocenters. The standard InChI is InChI=1S/C82H160O17P2/c1-8-9-10-11-39-49-56-63-79(84)92-69-77(98-81(86)66-59-52-45-38-32-26-25-29-35-42-48-55-62-75(6)7)71-96-100(88,89)94-67-76(83)68-95-101(90,91)97-72-78(70-93-80(85)64-57-50-43-36-30-23-20-16-18-22-28-34-41-47-54-61-74(4)5)99-82(87)65-58-51-44-37-31-24-19-15-13-12-14-17-21-27-33-40-46-53-60-73(2)3/h73-78,83H,8-72H2,1-7H3,(H,88,89)(H,90,91)/t76-,77+,78+/m0/s1. The molecule has 0 aromatic heterocycles. The van der Waals surface area contributed by atoms with Gasteiger partial charge in [-0.3, -0.25) is 37.3 Å². The third kappa shape index (κ3) is 76.1. The number of phosphoric acid groups is 2. The smallest absolute Gasteiger partial charge is 0.462 e. The normalized spacial score (nSPS) is 14.0. The van der Waals surface area contributed by atoms with Crippen LogP contribution in [-0.2, 0) is 65.4 Å². The molecule has 17 nitrogen and oxygen atoms in total. The zero-order valence-corrected chi connectivity index (χ0v) is 68.2. The highest BCUT2D eigenvalue weighted by molar-refractivity contribution is 7.47. The number of hydrogen-bond acceptors (Lipinski definition) is 15. The van der Waals surface area contributed by atoms with Crippen molar-refractivity contribution < 1.29 is 80.2 Å². The average molecular weight is 1480 g/mol. The molecule has 0 radical (unpaired) electrons. The lowest BCUT2D eigenvalue weighted by atomic mass is 10.0. The first-order valence-corrected chi connectivity index (χ1v) is 45.3. The lowest BCUT2D eigenvalue weighted by Gasteiger charge is -2.21. The van der Waals surface area contributed by atoms with Crippen molar-refractivity contribution in [1.82, 2.24) is 0 Å². The van der Waals surface area contributed by atoms with Crippen molar-refractivity contribution in [3.8, 4) is 0 Å². The van der Waals surface area contributed by atoms with Crippen molar-refractivity contribution in [2.75, 3.05) is 39.6 Å². The maximum Gasteiger partial charge on any atom is 0.472 e. The Morgan fingerprint density at radius 2 is 0.455 bits per heavy atom. The van der Waals surface area contributed by atoms with Gasteiger partial charge in [0.25, 0.3) is 0 Å². The number of aliphatic hydroxyl groups excluding tert-OH is 1. The number of ether oxygens (including phenoxy) is 4. The highest BCUT2D eigenvalue weighted by atomic mass is 31.2. The Morgan fingerprint density at radius 1 is 0.267 bits per heavy atom. The highest BCUT2D eigenvalue weighted by Crippen LogP contribution is 2.45. The fourth-order valence-electron chi connectivity index (χ4n) is 12.7. The molecule has 0 aliphatic heterocycles. The van der Waals surface area contributed by atoms with Crippen LogP contribution in [0.15, 0.2) is 0 Å². The molecule has 0 bridgehead atoms. The van der Waals surface area contributed by atoms with E-state index in [1.807, 2.05) is 0 Å². The van der Waals surface area contributed by atoms with E-state index < -0.39 is 97.5 Å². The van der Waals surface area contributed by atoms with Gasteiger partial charge in [0.2, 0.25) is 0 Å². The van der Waals surface area contributed by atoms with Crippen molar-refractivity contribution in [2.45, 2.75) is 446 Å². The number of aliphatic hydroxyl groups is 1. The van der Waals surface area contributed by atoms with Crippen LogP contribution >= 0.6 is 15.6 Å². The maximum atomic E-state index is 13.1. The van der Waals surface area contributed by atoms with E-state index in [1.165, 1.54) is 225 Å². The first kappa shape index (κ1) is 99.1. The van der Waals surface area contributed by atoms with Gasteiger partial charge in [0, 0.05) is 25.7 Å². The summed E-state index contributed by atoms with van der Waals surface area (Å²) in [4.78, 5) is 72.9. The fourth-order valence-corrected chi connectivity index (χ4v) is 14.2. The number of esters is 4. The Bertz CT molecular complexity index is 1960. The topological polar surface area (TPSA) is 237 Å². The minimum Gasteiger partial charge on any atom is -0.462 e. The SMILES string of the molecule is CCCCCCCCCC(=O)OC[C@H](COP(=O)(O)OC[C@H](O)COP(=O)(O)OC[C@@H](COC(=O)CCCCCCCCCCCCCCCCCC(C)C)OC(=O)CCCCCCCCCCCCCCCCCCCCC(C)C)OC(=O)CCCCCCCCCCCCCCC(C)C. The molecule has 0 aliphatic carbocycles. The summed E-state index contributed by atoms with van der Waals surface area (Å²) in [5.74, 6) is 0.290. The predicted octanol–water partition coefficient (Wildman–Crippen LogP) is 24.5. The minimum absolute atomic E-state index is 0.107. The van der Waals surface area contributed by atoms with Crippen LogP contribution in [-0.4, -0.2) is 96.7 Å². The highest BCUT2D eigenvalue weighted by Gasteiger charge is 2.30. The van der Waals surface area contributed by atoms with Crippen LogP contribution in [0.5, 0.6) is 0 Å². The van der Waals surface area contributed by atoms with E-state index in [1.54, 1.807) is 0 Å². The second-order valence-corrected chi connectivity index (χ2v) is 33.8. The van der Waals surface area contributed by atoms with Crippen molar-refractivity contribution in [2.24, 2.45) is 17.8 Å². The Labute approximate surface area is 619 Å². The Hall–Kier alpha value is -1.94. The second kappa shape index (κ2) is 72.3. The number of unbranched alkanes of at least 4 members (excludes halogenated alkanes) is 48. The van der Waals surface area contributed by atoms with E-state index in [2.05, 4.69) is 48.5 Å². The summed E-state index contributed by atoms with van der Waals surface area (Å²) in [5, 5.41) is 10.6. The Morgan fingerprint density at radius 3 is 0.673 bits per heavy atom. The summed E-state index contributed by atoms with van der Waals surface area (Å²) in [5.41, 5.74) is 0. The molecule has 2 unspecified atom stereocenters. The number of hydrogen-bond donors (Lipinski definition) is 3. The molecule has 0 fully saturated rings. The van der Waals surface area contributed by atoms with Gasteiger partial charge < -0.3 is 33.8 Å². The van der Waals surface area contributed by atoms with Crippen molar-refractivity contribution in [3.63, 3.8) is 0 Å². The molecule has 600 valence electrons. The molecule has 0 saturated heterocycles. The van der Waals surface area contributed by atoms with Gasteiger partial charge in [0.05, 0.1) is 26.4 Å². The van der Waals surface area contributed by atoms with Crippen LogP contribution in [0.25, 0.3) is 0 Å². The summed E-state index contributed by atoms with van der Waals surface area (Å²) < 4.78 is 68.6. The molecule has 0 saturated carbocycles. The molecular formula is C82H160O17P2. The molecule has 101 heavy (non-hydrogen) atoms.